The van der Waals surface area contributed by atoms with E-state index in [-0.39, 0.29) is 0 Å². The lowest BCUT2D eigenvalue weighted by molar-refractivity contribution is -0.785. The minimum Gasteiger partial charge on any atom is -0.497 e. The summed E-state index contributed by atoms with van der Waals surface area (Å²) in [5.74, 6) is 2.05. The van der Waals surface area contributed by atoms with Gasteiger partial charge in [-0.25, -0.2) is 4.48 Å². The predicted octanol–water partition coefficient (Wildman–Crippen LogP) is 3.56. The van der Waals surface area contributed by atoms with E-state index in [0.29, 0.717) is 0 Å². The van der Waals surface area contributed by atoms with Gasteiger partial charge in [-0.15, -0.1) is 0 Å². The van der Waals surface area contributed by atoms with Crippen molar-refractivity contribution < 1.29 is 9.22 Å². The van der Waals surface area contributed by atoms with Crippen LogP contribution in [-0.4, -0.2) is 30.5 Å². The van der Waals surface area contributed by atoms with E-state index in [1.807, 2.05) is 18.3 Å². The molecule has 0 N–H and O–H groups in total. The second kappa shape index (κ2) is 6.02. The maximum Gasteiger partial charge on any atom is 0.239 e. The van der Waals surface area contributed by atoms with Gasteiger partial charge < -0.3 is 4.74 Å². The van der Waals surface area contributed by atoms with Crippen LogP contribution in [0.2, 0.25) is 0 Å². The fourth-order valence-corrected chi connectivity index (χ4v) is 2.76. The van der Waals surface area contributed by atoms with Crippen molar-refractivity contribution in [3.8, 4) is 5.75 Å². The van der Waals surface area contributed by atoms with Crippen LogP contribution in [0.3, 0.4) is 0 Å². The van der Waals surface area contributed by atoms with Crippen molar-refractivity contribution in [1.82, 2.24) is 0 Å². The van der Waals surface area contributed by atoms with E-state index >= 15 is 0 Å². The lowest BCUT2D eigenvalue weighted by Gasteiger charge is -2.31. The molecule has 19 heavy (non-hydrogen) atoms. The highest BCUT2D eigenvalue weighted by Gasteiger charge is 2.34. The summed E-state index contributed by atoms with van der Waals surface area (Å²) in [6, 6.07) is 8.21. The highest BCUT2D eigenvalue weighted by Crippen LogP contribution is 2.24. The number of hydrogen-bond acceptors (Lipinski definition) is 2. The summed E-state index contributed by atoms with van der Waals surface area (Å²) in [5.41, 5.74) is 1.19. The van der Waals surface area contributed by atoms with Crippen LogP contribution < -0.4 is 4.74 Å². The van der Waals surface area contributed by atoms with E-state index in [1.165, 1.54) is 5.56 Å². The Morgan fingerprint density at radius 1 is 1.05 bits per heavy atom. The first kappa shape index (κ1) is 13.8. The van der Waals surface area contributed by atoms with Crippen molar-refractivity contribution in [2.45, 2.75) is 26.7 Å². The molecule has 0 spiro atoms. The molecule has 0 bridgehead atoms. The molecule has 0 saturated heterocycles. The fraction of sp³-hybridized carbons (Fsp3) is 0.438. The third kappa shape index (κ3) is 2.71. The Labute approximate surface area is 115 Å². The Morgan fingerprint density at radius 2 is 1.68 bits per heavy atom. The largest absolute Gasteiger partial charge is 0.497 e. The van der Waals surface area contributed by atoms with Gasteiger partial charge in [0.15, 0.2) is 0 Å². The zero-order valence-corrected chi connectivity index (χ0v) is 12.1. The van der Waals surface area contributed by atoms with Crippen molar-refractivity contribution in [2.75, 3.05) is 20.2 Å². The summed E-state index contributed by atoms with van der Waals surface area (Å²) >= 11 is 0. The van der Waals surface area contributed by atoms with E-state index in [9.17, 15) is 0 Å². The maximum atomic E-state index is 5.22. The van der Waals surface area contributed by atoms with Crippen LogP contribution in [0, 0.1) is 0 Å². The number of rotatable bonds is 6. The van der Waals surface area contributed by atoms with E-state index in [0.717, 1.165) is 42.0 Å². The summed E-state index contributed by atoms with van der Waals surface area (Å²) in [7, 11) is 1.69. The number of quaternary nitrogens is 1. The number of aliphatic imine (C=N–C) groups is 1. The predicted molar refractivity (Wildman–Crippen MR) is 79.2 cm³/mol. The molecule has 0 aromatic heterocycles. The standard InChI is InChI=1S/C16H23N2O/c1-4-11-18(12-5-2)13-10-17-16(18)14-6-8-15(19-3)9-7-14/h6-10,13H,4-5,11-12H2,1-3H3/q+1. The van der Waals surface area contributed by atoms with Gasteiger partial charge in [0.05, 0.1) is 32.0 Å². The van der Waals surface area contributed by atoms with Crippen LogP contribution in [0.1, 0.15) is 32.3 Å². The smallest absolute Gasteiger partial charge is 0.239 e. The number of nitrogens with zero attached hydrogens (tertiary/aromatic N) is 2. The third-order valence-corrected chi connectivity index (χ3v) is 3.56. The van der Waals surface area contributed by atoms with Gasteiger partial charge >= 0.3 is 0 Å². The summed E-state index contributed by atoms with van der Waals surface area (Å²) in [5, 5.41) is 0. The second-order valence-electron chi connectivity index (χ2n) is 4.96. The van der Waals surface area contributed by atoms with Crippen molar-refractivity contribution >= 4 is 5.84 Å². The quantitative estimate of drug-likeness (QED) is 0.716. The summed E-state index contributed by atoms with van der Waals surface area (Å²) in [6.45, 7) is 6.67. The Morgan fingerprint density at radius 3 is 2.21 bits per heavy atom. The number of hydrogen-bond donors (Lipinski definition) is 0. The van der Waals surface area contributed by atoms with E-state index in [1.54, 1.807) is 7.11 Å². The molecule has 0 fully saturated rings. The molecular weight excluding hydrogens is 236 g/mol. The average molecular weight is 259 g/mol. The van der Waals surface area contributed by atoms with Crippen LogP contribution in [0.15, 0.2) is 41.7 Å². The Bertz CT molecular complexity index is 468. The highest BCUT2D eigenvalue weighted by atomic mass is 16.5. The molecule has 0 unspecified atom stereocenters. The van der Waals surface area contributed by atoms with Gasteiger partial charge in [-0.05, 0) is 37.1 Å². The van der Waals surface area contributed by atoms with Crippen molar-refractivity contribution in [1.29, 1.82) is 0 Å². The molecule has 3 heteroatoms. The second-order valence-corrected chi connectivity index (χ2v) is 4.96. The molecule has 1 aliphatic heterocycles. The van der Waals surface area contributed by atoms with Crippen LogP contribution >= 0.6 is 0 Å². The summed E-state index contributed by atoms with van der Waals surface area (Å²) < 4.78 is 6.09. The SMILES string of the molecule is CCC[N+]1(CCC)C=CN=C1c1ccc(OC)cc1. The Hall–Kier alpha value is -1.61. The van der Waals surface area contributed by atoms with Crippen LogP contribution in [-0.2, 0) is 0 Å². The molecule has 0 aliphatic carbocycles. The molecule has 2 rings (SSSR count). The number of methoxy groups -OCH3 is 1. The Balaban J connectivity index is 2.31. The first-order chi connectivity index (χ1) is 9.25. The first-order valence-corrected chi connectivity index (χ1v) is 7.03. The molecule has 1 aromatic rings. The molecule has 0 atom stereocenters. The number of benzene rings is 1. The summed E-state index contributed by atoms with van der Waals surface area (Å²) in [4.78, 5) is 4.62. The molecular formula is C16H23N2O+. The molecule has 102 valence electrons. The van der Waals surface area contributed by atoms with Gasteiger partial charge in [-0.2, -0.15) is 4.99 Å². The van der Waals surface area contributed by atoms with Gasteiger partial charge in [0.1, 0.15) is 11.9 Å². The van der Waals surface area contributed by atoms with Crippen LogP contribution in [0.5, 0.6) is 5.75 Å². The average Bonchev–Trinajstić information content (AvgIpc) is 2.83. The molecule has 1 heterocycles. The van der Waals surface area contributed by atoms with Gasteiger partial charge in [0.25, 0.3) is 0 Å². The van der Waals surface area contributed by atoms with Gasteiger partial charge in [0, 0.05) is 0 Å². The number of ether oxygens (including phenoxy) is 1. The topological polar surface area (TPSA) is 21.6 Å². The van der Waals surface area contributed by atoms with Gasteiger partial charge in [0.2, 0.25) is 5.84 Å². The molecule has 3 nitrogen and oxygen atoms in total. The van der Waals surface area contributed by atoms with Crippen molar-refractivity contribution in [2.24, 2.45) is 4.99 Å². The van der Waals surface area contributed by atoms with Crippen molar-refractivity contribution in [3.05, 3.63) is 42.2 Å². The zero-order valence-electron chi connectivity index (χ0n) is 12.1. The monoisotopic (exact) mass is 259 g/mol. The molecule has 0 radical (unpaired) electrons. The van der Waals surface area contributed by atoms with Gasteiger partial charge in [-0.1, -0.05) is 13.8 Å². The first-order valence-electron chi connectivity index (χ1n) is 7.03. The van der Waals surface area contributed by atoms with Crippen LogP contribution in [0.4, 0.5) is 0 Å². The molecule has 0 saturated carbocycles. The van der Waals surface area contributed by atoms with E-state index in [4.69, 9.17) is 4.74 Å². The zero-order chi connectivity index (χ0) is 13.7. The third-order valence-electron chi connectivity index (χ3n) is 3.56. The van der Waals surface area contributed by atoms with Crippen LogP contribution in [0.25, 0.3) is 0 Å². The summed E-state index contributed by atoms with van der Waals surface area (Å²) in [6.07, 6.45) is 6.48. The fourth-order valence-electron chi connectivity index (χ4n) is 2.76. The lowest BCUT2D eigenvalue weighted by atomic mass is 10.1. The highest BCUT2D eigenvalue weighted by molar-refractivity contribution is 5.95. The Kier molecular flexibility index (Phi) is 4.38. The van der Waals surface area contributed by atoms with Gasteiger partial charge in [-0.3, -0.25) is 0 Å². The van der Waals surface area contributed by atoms with Crippen molar-refractivity contribution in [3.63, 3.8) is 0 Å². The maximum absolute atomic E-state index is 5.22. The molecule has 0 amide bonds. The minimum absolute atomic E-state index is 0.874. The van der Waals surface area contributed by atoms with E-state index < -0.39 is 0 Å². The van der Waals surface area contributed by atoms with E-state index in [2.05, 4.69) is 37.2 Å². The molecule has 1 aliphatic rings. The lowest BCUT2D eigenvalue weighted by Crippen LogP contribution is -2.48. The minimum atomic E-state index is 0.874. The number of amidine groups is 1. The normalized spacial score (nSPS) is 16.5. The molecule has 1 aromatic carbocycles.